The summed E-state index contributed by atoms with van der Waals surface area (Å²) in [4.78, 5) is 12.6. The Morgan fingerprint density at radius 3 is 2.62 bits per heavy atom. The van der Waals surface area contributed by atoms with Gasteiger partial charge in [-0.25, -0.2) is 0 Å². The largest absolute Gasteiger partial charge is 0.493 e. The van der Waals surface area contributed by atoms with Crippen LogP contribution in [0.15, 0.2) is 36.4 Å². The number of carbonyl (C=O) groups excluding carboxylic acids is 1. The lowest BCUT2D eigenvalue weighted by atomic mass is 10.1. The number of amides is 1. The molecule has 0 radical (unpaired) electrons. The molecular formula is C20H23NO5. The van der Waals surface area contributed by atoms with Crippen LogP contribution in [0.2, 0.25) is 0 Å². The molecule has 2 aromatic carbocycles. The van der Waals surface area contributed by atoms with E-state index in [1.807, 2.05) is 32.0 Å². The minimum Gasteiger partial charge on any atom is -0.493 e. The van der Waals surface area contributed by atoms with Gasteiger partial charge >= 0.3 is 0 Å². The van der Waals surface area contributed by atoms with Crippen LogP contribution in [0.5, 0.6) is 23.0 Å². The van der Waals surface area contributed by atoms with E-state index in [9.17, 15) is 4.79 Å². The molecule has 0 spiro atoms. The maximum atomic E-state index is 12.6. The van der Waals surface area contributed by atoms with Crippen LogP contribution in [0.1, 0.15) is 35.8 Å². The van der Waals surface area contributed by atoms with E-state index in [4.69, 9.17) is 18.9 Å². The van der Waals surface area contributed by atoms with E-state index < -0.39 is 0 Å². The van der Waals surface area contributed by atoms with Gasteiger partial charge in [-0.05, 0) is 49.7 Å². The van der Waals surface area contributed by atoms with E-state index >= 15 is 0 Å². The highest BCUT2D eigenvalue weighted by Crippen LogP contribution is 2.33. The lowest BCUT2D eigenvalue weighted by molar-refractivity contribution is 0.0939. The molecule has 2 aromatic rings. The van der Waals surface area contributed by atoms with Gasteiger partial charge in [-0.1, -0.05) is 6.07 Å². The molecule has 0 saturated carbocycles. The number of ether oxygens (including phenoxy) is 4. The molecule has 6 heteroatoms. The molecule has 0 fully saturated rings. The van der Waals surface area contributed by atoms with Crippen molar-refractivity contribution in [2.75, 3.05) is 26.9 Å². The van der Waals surface area contributed by atoms with Crippen LogP contribution in [0.3, 0.4) is 0 Å². The predicted molar refractivity (Wildman–Crippen MR) is 97.5 cm³/mol. The van der Waals surface area contributed by atoms with Gasteiger partial charge in [0.25, 0.3) is 5.91 Å². The van der Waals surface area contributed by atoms with Gasteiger partial charge in [-0.3, -0.25) is 4.79 Å². The Morgan fingerprint density at radius 2 is 1.88 bits per heavy atom. The van der Waals surface area contributed by atoms with Crippen molar-refractivity contribution in [2.45, 2.75) is 19.9 Å². The third-order valence-corrected chi connectivity index (χ3v) is 4.14. The van der Waals surface area contributed by atoms with E-state index in [1.165, 1.54) is 0 Å². The molecule has 0 aliphatic carbocycles. The summed E-state index contributed by atoms with van der Waals surface area (Å²) in [6.07, 6.45) is 0. The molecule has 1 amide bonds. The normalized spacial score (nSPS) is 13.7. The predicted octanol–water partition coefficient (Wildman–Crippen LogP) is 3.36. The number of methoxy groups -OCH3 is 1. The fourth-order valence-corrected chi connectivity index (χ4v) is 2.78. The quantitative estimate of drug-likeness (QED) is 0.859. The fraction of sp³-hybridized carbons (Fsp3) is 0.350. The Kier molecular flexibility index (Phi) is 5.51. The van der Waals surface area contributed by atoms with Crippen LogP contribution in [0.4, 0.5) is 0 Å². The van der Waals surface area contributed by atoms with Gasteiger partial charge < -0.3 is 24.3 Å². The molecule has 0 bridgehead atoms. The molecule has 1 aliphatic rings. The first-order chi connectivity index (χ1) is 12.6. The van der Waals surface area contributed by atoms with Gasteiger partial charge in [0, 0.05) is 5.56 Å². The van der Waals surface area contributed by atoms with Crippen LogP contribution in [-0.2, 0) is 0 Å². The molecule has 0 saturated heterocycles. The topological polar surface area (TPSA) is 66.0 Å². The second kappa shape index (κ2) is 7.99. The summed E-state index contributed by atoms with van der Waals surface area (Å²) in [5.74, 6) is 2.40. The van der Waals surface area contributed by atoms with Gasteiger partial charge in [0.05, 0.1) is 19.8 Å². The van der Waals surface area contributed by atoms with E-state index in [1.54, 1.807) is 25.3 Å². The van der Waals surface area contributed by atoms with Crippen LogP contribution in [0, 0.1) is 0 Å². The Labute approximate surface area is 153 Å². The fourth-order valence-electron chi connectivity index (χ4n) is 2.78. The molecule has 1 aliphatic heterocycles. The minimum absolute atomic E-state index is 0.184. The lowest BCUT2D eigenvalue weighted by Gasteiger charge is -2.21. The first-order valence-electron chi connectivity index (χ1n) is 8.63. The zero-order chi connectivity index (χ0) is 18.5. The van der Waals surface area contributed by atoms with Gasteiger partial charge in [0.15, 0.2) is 23.0 Å². The summed E-state index contributed by atoms with van der Waals surface area (Å²) in [7, 11) is 1.57. The SMILES string of the molecule is CCOc1cc(C(=O)NC(C)c2ccc3c(c2)OCCO3)ccc1OC. The van der Waals surface area contributed by atoms with Crippen molar-refractivity contribution in [3.05, 3.63) is 47.5 Å². The molecule has 1 heterocycles. The maximum Gasteiger partial charge on any atom is 0.251 e. The second-order valence-corrected chi connectivity index (χ2v) is 5.90. The van der Waals surface area contributed by atoms with E-state index in [2.05, 4.69) is 5.32 Å². The third-order valence-electron chi connectivity index (χ3n) is 4.14. The number of rotatable bonds is 6. The standard InChI is InChI=1S/C20H23NO5/c1-4-24-18-12-15(6-7-16(18)23-3)20(22)21-13(2)14-5-8-17-19(11-14)26-10-9-25-17/h5-8,11-13H,4,9-10H2,1-3H3,(H,21,22). The van der Waals surface area contributed by atoms with Crippen LogP contribution in [0.25, 0.3) is 0 Å². The van der Waals surface area contributed by atoms with Crippen molar-refractivity contribution >= 4 is 5.91 Å². The summed E-state index contributed by atoms with van der Waals surface area (Å²) >= 11 is 0. The van der Waals surface area contributed by atoms with Gasteiger partial charge in [0.1, 0.15) is 13.2 Å². The van der Waals surface area contributed by atoms with Crippen molar-refractivity contribution in [3.8, 4) is 23.0 Å². The highest BCUT2D eigenvalue weighted by Gasteiger charge is 2.17. The summed E-state index contributed by atoms with van der Waals surface area (Å²) < 4.78 is 21.9. The maximum absolute atomic E-state index is 12.6. The Hall–Kier alpha value is -2.89. The lowest BCUT2D eigenvalue weighted by Crippen LogP contribution is -2.27. The molecule has 1 atom stereocenters. The molecule has 6 nitrogen and oxygen atoms in total. The molecule has 3 rings (SSSR count). The second-order valence-electron chi connectivity index (χ2n) is 5.90. The number of benzene rings is 2. The Morgan fingerprint density at radius 1 is 1.12 bits per heavy atom. The number of nitrogens with one attached hydrogen (secondary N) is 1. The summed E-state index contributed by atoms with van der Waals surface area (Å²) in [5.41, 5.74) is 1.46. The van der Waals surface area contributed by atoms with E-state index in [0.29, 0.717) is 42.6 Å². The molecule has 1 unspecified atom stereocenters. The molecule has 1 N–H and O–H groups in total. The number of hydrogen-bond acceptors (Lipinski definition) is 5. The molecule has 138 valence electrons. The van der Waals surface area contributed by atoms with Crippen molar-refractivity contribution < 1.29 is 23.7 Å². The zero-order valence-corrected chi connectivity index (χ0v) is 15.2. The first-order valence-corrected chi connectivity index (χ1v) is 8.63. The van der Waals surface area contributed by atoms with Crippen LogP contribution in [-0.4, -0.2) is 32.8 Å². The van der Waals surface area contributed by atoms with Crippen molar-refractivity contribution in [1.82, 2.24) is 5.32 Å². The summed E-state index contributed by atoms with van der Waals surface area (Å²) in [5, 5.41) is 2.99. The zero-order valence-electron chi connectivity index (χ0n) is 15.2. The van der Waals surface area contributed by atoms with Crippen LogP contribution < -0.4 is 24.3 Å². The van der Waals surface area contributed by atoms with E-state index in [0.717, 1.165) is 11.3 Å². The average molecular weight is 357 g/mol. The number of carbonyl (C=O) groups is 1. The van der Waals surface area contributed by atoms with Crippen molar-refractivity contribution in [3.63, 3.8) is 0 Å². The summed E-state index contributed by atoms with van der Waals surface area (Å²) in [6.45, 7) is 5.39. The Bertz CT molecular complexity index is 790. The molecule has 0 aromatic heterocycles. The number of fused-ring (bicyclic) bond motifs is 1. The highest BCUT2D eigenvalue weighted by atomic mass is 16.6. The minimum atomic E-state index is -0.184. The van der Waals surface area contributed by atoms with Gasteiger partial charge in [-0.15, -0.1) is 0 Å². The third kappa shape index (κ3) is 3.85. The van der Waals surface area contributed by atoms with Crippen molar-refractivity contribution in [1.29, 1.82) is 0 Å². The highest BCUT2D eigenvalue weighted by molar-refractivity contribution is 5.95. The van der Waals surface area contributed by atoms with Crippen LogP contribution >= 0.6 is 0 Å². The van der Waals surface area contributed by atoms with Gasteiger partial charge in [0.2, 0.25) is 0 Å². The smallest absolute Gasteiger partial charge is 0.251 e. The first kappa shape index (κ1) is 17.9. The van der Waals surface area contributed by atoms with Crippen molar-refractivity contribution in [2.24, 2.45) is 0 Å². The monoisotopic (exact) mass is 357 g/mol. The average Bonchev–Trinajstić information content (AvgIpc) is 2.67. The van der Waals surface area contributed by atoms with Gasteiger partial charge in [-0.2, -0.15) is 0 Å². The van der Waals surface area contributed by atoms with E-state index in [-0.39, 0.29) is 11.9 Å². The Balaban J connectivity index is 1.74. The molecular weight excluding hydrogens is 334 g/mol. The summed E-state index contributed by atoms with van der Waals surface area (Å²) in [6, 6.07) is 10.6. The number of hydrogen-bond donors (Lipinski definition) is 1. The molecule has 26 heavy (non-hydrogen) atoms.